The highest BCUT2D eigenvalue weighted by molar-refractivity contribution is 5.96. The van der Waals surface area contributed by atoms with Crippen LogP contribution in [-0.2, 0) is 11.3 Å². The first-order valence-electron chi connectivity index (χ1n) is 11.6. The molecule has 0 spiro atoms. The van der Waals surface area contributed by atoms with Gasteiger partial charge >= 0.3 is 6.03 Å². The monoisotopic (exact) mass is 414 g/mol. The third-order valence-corrected chi connectivity index (χ3v) is 6.62. The second-order valence-corrected chi connectivity index (χ2v) is 9.14. The van der Waals surface area contributed by atoms with Crippen LogP contribution in [0.5, 0.6) is 0 Å². The SMILES string of the molecule is CC(C(=O)NC(=O)NC1CCCCC1)N1CCC(CN(C)Cc2ccccc2)CC1. The van der Waals surface area contributed by atoms with E-state index in [4.69, 9.17) is 0 Å². The molecule has 1 aliphatic heterocycles. The van der Waals surface area contributed by atoms with Gasteiger partial charge in [0.2, 0.25) is 5.91 Å². The number of benzene rings is 1. The van der Waals surface area contributed by atoms with E-state index < -0.39 is 0 Å². The van der Waals surface area contributed by atoms with Crippen molar-refractivity contribution in [1.29, 1.82) is 0 Å². The van der Waals surface area contributed by atoms with Gasteiger partial charge < -0.3 is 10.2 Å². The zero-order valence-corrected chi connectivity index (χ0v) is 18.6. The fraction of sp³-hybridized carbons (Fsp3) is 0.667. The van der Waals surface area contributed by atoms with Crippen molar-refractivity contribution in [1.82, 2.24) is 20.4 Å². The molecule has 1 aromatic carbocycles. The van der Waals surface area contributed by atoms with Gasteiger partial charge in [-0.25, -0.2) is 4.79 Å². The summed E-state index contributed by atoms with van der Waals surface area (Å²) in [5.41, 5.74) is 1.34. The summed E-state index contributed by atoms with van der Waals surface area (Å²) in [6, 6.07) is 10.2. The molecule has 6 nitrogen and oxygen atoms in total. The van der Waals surface area contributed by atoms with Crippen LogP contribution in [0.4, 0.5) is 4.79 Å². The molecule has 2 aliphatic rings. The van der Waals surface area contributed by atoms with Crippen molar-refractivity contribution in [3.8, 4) is 0 Å². The number of imide groups is 1. The average Bonchev–Trinajstić information content (AvgIpc) is 2.75. The third-order valence-electron chi connectivity index (χ3n) is 6.62. The molecule has 2 N–H and O–H groups in total. The van der Waals surface area contributed by atoms with Gasteiger partial charge in [0.25, 0.3) is 0 Å². The molecule has 3 amide bonds. The lowest BCUT2D eigenvalue weighted by molar-refractivity contribution is -0.125. The predicted molar refractivity (Wildman–Crippen MR) is 120 cm³/mol. The Bertz CT molecular complexity index is 667. The molecule has 1 atom stereocenters. The minimum absolute atomic E-state index is 0.192. The lowest BCUT2D eigenvalue weighted by Crippen LogP contribution is -2.53. The van der Waals surface area contributed by atoms with Gasteiger partial charge in [-0.3, -0.25) is 15.0 Å². The number of nitrogens with one attached hydrogen (secondary N) is 2. The summed E-state index contributed by atoms with van der Waals surface area (Å²) < 4.78 is 0. The Kier molecular flexibility index (Phi) is 8.70. The van der Waals surface area contributed by atoms with E-state index in [9.17, 15) is 9.59 Å². The van der Waals surface area contributed by atoms with Gasteiger partial charge in [0.15, 0.2) is 0 Å². The molecule has 1 heterocycles. The summed E-state index contributed by atoms with van der Waals surface area (Å²) >= 11 is 0. The molecule has 1 aromatic rings. The number of urea groups is 1. The van der Waals surface area contributed by atoms with E-state index in [1.165, 1.54) is 12.0 Å². The summed E-state index contributed by atoms with van der Waals surface area (Å²) in [7, 11) is 2.18. The Balaban J connectivity index is 1.36. The zero-order valence-electron chi connectivity index (χ0n) is 18.6. The van der Waals surface area contributed by atoms with E-state index in [1.54, 1.807) is 0 Å². The van der Waals surface area contributed by atoms with Gasteiger partial charge in [-0.05, 0) is 64.2 Å². The highest BCUT2D eigenvalue weighted by atomic mass is 16.2. The number of piperidine rings is 1. The molecule has 0 aromatic heterocycles. The van der Waals surface area contributed by atoms with E-state index in [-0.39, 0.29) is 24.0 Å². The van der Waals surface area contributed by atoms with Gasteiger partial charge in [-0.1, -0.05) is 49.6 Å². The minimum Gasteiger partial charge on any atom is -0.335 e. The summed E-state index contributed by atoms with van der Waals surface area (Å²) in [6.07, 6.45) is 7.77. The van der Waals surface area contributed by atoms with Crippen LogP contribution in [0.2, 0.25) is 0 Å². The Morgan fingerprint density at radius 3 is 2.40 bits per heavy atom. The van der Waals surface area contributed by atoms with Crippen molar-refractivity contribution >= 4 is 11.9 Å². The second kappa shape index (κ2) is 11.5. The van der Waals surface area contributed by atoms with Crippen LogP contribution < -0.4 is 10.6 Å². The van der Waals surface area contributed by atoms with Crippen LogP contribution in [0.25, 0.3) is 0 Å². The second-order valence-electron chi connectivity index (χ2n) is 9.14. The molecule has 3 rings (SSSR count). The summed E-state index contributed by atoms with van der Waals surface area (Å²) in [5.74, 6) is 0.461. The number of carbonyl (C=O) groups is 2. The number of likely N-dealkylation sites (tertiary alicyclic amines) is 1. The molecule has 2 fully saturated rings. The standard InChI is InChI=1S/C24H38N4O2/c1-19(23(29)26-24(30)25-22-11-7-4-8-12-22)28-15-13-21(14-16-28)18-27(2)17-20-9-5-3-6-10-20/h3,5-6,9-10,19,21-22H,4,7-8,11-18H2,1-2H3,(H2,25,26,29,30). The quantitative estimate of drug-likeness (QED) is 0.718. The molecule has 1 saturated heterocycles. The van der Waals surface area contributed by atoms with E-state index in [2.05, 4.69) is 57.8 Å². The number of amides is 3. The number of nitrogens with zero attached hydrogens (tertiary/aromatic N) is 2. The van der Waals surface area contributed by atoms with E-state index in [1.807, 2.05) is 6.92 Å². The zero-order chi connectivity index (χ0) is 21.3. The van der Waals surface area contributed by atoms with Gasteiger partial charge in [0, 0.05) is 19.1 Å². The Labute approximate surface area is 181 Å². The lowest BCUT2D eigenvalue weighted by atomic mass is 9.95. The maximum Gasteiger partial charge on any atom is 0.321 e. The van der Waals surface area contributed by atoms with Crippen LogP contribution in [0.1, 0.15) is 57.4 Å². The maximum atomic E-state index is 12.5. The molecular weight excluding hydrogens is 376 g/mol. The van der Waals surface area contributed by atoms with Crippen molar-refractivity contribution in [3.05, 3.63) is 35.9 Å². The number of rotatable bonds is 7. The molecule has 0 bridgehead atoms. The highest BCUT2D eigenvalue weighted by Crippen LogP contribution is 2.21. The van der Waals surface area contributed by atoms with Gasteiger partial charge in [-0.2, -0.15) is 0 Å². The molecule has 1 aliphatic carbocycles. The van der Waals surface area contributed by atoms with Crippen LogP contribution in [-0.4, -0.2) is 60.5 Å². The fourth-order valence-electron chi connectivity index (χ4n) is 4.77. The number of hydrogen-bond donors (Lipinski definition) is 2. The van der Waals surface area contributed by atoms with E-state index in [0.717, 1.165) is 64.7 Å². The topological polar surface area (TPSA) is 64.7 Å². The third kappa shape index (κ3) is 7.10. The molecule has 0 radical (unpaired) electrons. The normalized spacial score (nSPS) is 20.1. The Morgan fingerprint density at radius 2 is 1.73 bits per heavy atom. The van der Waals surface area contributed by atoms with Crippen LogP contribution in [0, 0.1) is 5.92 Å². The minimum atomic E-state index is -0.337. The van der Waals surface area contributed by atoms with Crippen molar-refractivity contribution in [2.45, 2.75) is 70.5 Å². The molecule has 1 unspecified atom stereocenters. The molecule has 30 heavy (non-hydrogen) atoms. The predicted octanol–water partition coefficient (Wildman–Crippen LogP) is 3.38. The molecule has 166 valence electrons. The van der Waals surface area contributed by atoms with E-state index >= 15 is 0 Å². The van der Waals surface area contributed by atoms with Gasteiger partial charge in [0.05, 0.1) is 6.04 Å². The van der Waals surface area contributed by atoms with E-state index in [0.29, 0.717) is 5.92 Å². The fourth-order valence-corrected chi connectivity index (χ4v) is 4.77. The van der Waals surface area contributed by atoms with Gasteiger partial charge in [0.1, 0.15) is 0 Å². The maximum absolute atomic E-state index is 12.5. The number of hydrogen-bond acceptors (Lipinski definition) is 4. The molecule has 1 saturated carbocycles. The van der Waals surface area contributed by atoms with Crippen molar-refractivity contribution in [3.63, 3.8) is 0 Å². The van der Waals surface area contributed by atoms with Crippen molar-refractivity contribution in [2.24, 2.45) is 5.92 Å². The summed E-state index contributed by atoms with van der Waals surface area (Å²) in [5, 5.41) is 5.52. The van der Waals surface area contributed by atoms with Crippen LogP contribution in [0.15, 0.2) is 30.3 Å². The average molecular weight is 415 g/mol. The Hall–Kier alpha value is -1.92. The van der Waals surface area contributed by atoms with Crippen LogP contribution >= 0.6 is 0 Å². The first kappa shape index (κ1) is 22.8. The summed E-state index contributed by atoms with van der Waals surface area (Å²) in [4.78, 5) is 29.3. The smallest absolute Gasteiger partial charge is 0.321 e. The van der Waals surface area contributed by atoms with Gasteiger partial charge in [-0.15, -0.1) is 0 Å². The van der Waals surface area contributed by atoms with Crippen molar-refractivity contribution in [2.75, 3.05) is 26.7 Å². The first-order chi connectivity index (χ1) is 14.5. The molecule has 6 heteroatoms. The molecular formula is C24H38N4O2. The van der Waals surface area contributed by atoms with Crippen molar-refractivity contribution < 1.29 is 9.59 Å². The Morgan fingerprint density at radius 1 is 1.07 bits per heavy atom. The highest BCUT2D eigenvalue weighted by Gasteiger charge is 2.28. The summed E-state index contributed by atoms with van der Waals surface area (Å²) in [6.45, 7) is 5.76. The number of carbonyl (C=O) groups excluding carboxylic acids is 2. The van der Waals surface area contributed by atoms with Crippen LogP contribution in [0.3, 0.4) is 0 Å². The lowest BCUT2D eigenvalue weighted by Gasteiger charge is -2.36. The first-order valence-corrected chi connectivity index (χ1v) is 11.6. The largest absolute Gasteiger partial charge is 0.335 e.